The van der Waals surface area contributed by atoms with Gasteiger partial charge in [0.15, 0.2) is 6.04 Å². The van der Waals surface area contributed by atoms with E-state index in [4.69, 9.17) is 5.11 Å². The van der Waals surface area contributed by atoms with Gasteiger partial charge in [0, 0.05) is 13.1 Å². The van der Waals surface area contributed by atoms with Gasteiger partial charge in [-0.15, -0.1) is 0 Å². The molecule has 0 rings (SSSR count). The molecule has 0 aromatic rings. The third kappa shape index (κ3) is 7.63. The lowest BCUT2D eigenvalue weighted by molar-refractivity contribution is -0.141. The van der Waals surface area contributed by atoms with Crippen LogP contribution in [0, 0.1) is 0 Å². The molecule has 0 aromatic heterocycles. The summed E-state index contributed by atoms with van der Waals surface area (Å²) in [5.41, 5.74) is 0. The molecule has 0 aromatic carbocycles. The number of hydrogen-bond donors (Lipinski definition) is 4. The number of rotatable bonds is 9. The summed E-state index contributed by atoms with van der Waals surface area (Å²) in [6.45, 7) is 8.47. The quantitative estimate of drug-likeness (QED) is 0.469. The van der Waals surface area contributed by atoms with Crippen LogP contribution in [0.4, 0.5) is 4.79 Å². The molecule has 4 N–H and O–H groups in total. The first kappa shape index (κ1) is 17.7. The van der Waals surface area contributed by atoms with Crippen molar-refractivity contribution in [3.63, 3.8) is 0 Å². The lowest BCUT2D eigenvalue weighted by Crippen LogP contribution is -2.52. The number of nitrogens with zero attached hydrogens (tertiary/aromatic N) is 1. The fourth-order valence-electron chi connectivity index (χ4n) is 1.65. The Morgan fingerprint density at radius 2 is 1.89 bits per heavy atom. The van der Waals surface area contributed by atoms with Crippen LogP contribution in [0.15, 0.2) is 0 Å². The first-order valence-corrected chi connectivity index (χ1v) is 6.59. The average Bonchev–Trinajstić information content (AvgIpc) is 2.34. The molecule has 0 heterocycles. The highest BCUT2D eigenvalue weighted by atomic mass is 16.4. The summed E-state index contributed by atoms with van der Waals surface area (Å²) in [5, 5.41) is 22.8. The lowest BCUT2D eigenvalue weighted by Gasteiger charge is -2.21. The van der Waals surface area contributed by atoms with Gasteiger partial charge in [0.25, 0.3) is 0 Å². The first-order valence-electron chi connectivity index (χ1n) is 6.59. The van der Waals surface area contributed by atoms with Crippen molar-refractivity contribution in [1.82, 2.24) is 15.5 Å². The summed E-state index contributed by atoms with van der Waals surface area (Å²) in [5.74, 6) is -1.26. The molecular formula is C12H25N3O4. The van der Waals surface area contributed by atoms with Crippen molar-refractivity contribution in [2.45, 2.75) is 39.3 Å². The van der Waals surface area contributed by atoms with Gasteiger partial charge >= 0.3 is 12.0 Å². The minimum Gasteiger partial charge on any atom is -0.480 e. The monoisotopic (exact) mass is 275 g/mol. The molecule has 2 amide bonds. The number of aliphatic carboxylic acids is 1. The summed E-state index contributed by atoms with van der Waals surface area (Å²) in [6.07, 6.45) is -0.0983. The molecule has 0 aliphatic heterocycles. The fraction of sp³-hybridized carbons (Fsp3) is 0.833. The van der Waals surface area contributed by atoms with Crippen LogP contribution in [0.3, 0.4) is 0 Å². The molecule has 7 nitrogen and oxygen atoms in total. The molecule has 0 aliphatic rings. The SMILES string of the molecule is CCCN(CC)CCNC(=O)NC(C(=O)O)C(C)O. The number of urea groups is 1. The Morgan fingerprint density at radius 3 is 2.32 bits per heavy atom. The van der Waals surface area contributed by atoms with Gasteiger partial charge in [0.1, 0.15) is 0 Å². The van der Waals surface area contributed by atoms with E-state index in [9.17, 15) is 14.7 Å². The Labute approximate surface area is 114 Å². The predicted molar refractivity (Wildman–Crippen MR) is 72.0 cm³/mol. The molecule has 2 unspecified atom stereocenters. The van der Waals surface area contributed by atoms with Gasteiger partial charge in [-0.1, -0.05) is 13.8 Å². The number of carboxylic acids is 1. The maximum absolute atomic E-state index is 11.5. The summed E-state index contributed by atoms with van der Waals surface area (Å²) >= 11 is 0. The maximum atomic E-state index is 11.5. The normalized spacial score (nSPS) is 13.9. The van der Waals surface area contributed by atoms with Crippen LogP contribution in [0.25, 0.3) is 0 Å². The Balaban J connectivity index is 4.01. The molecule has 0 fully saturated rings. The number of aliphatic hydroxyl groups is 1. The molecular weight excluding hydrogens is 250 g/mol. The summed E-state index contributed by atoms with van der Waals surface area (Å²) < 4.78 is 0. The van der Waals surface area contributed by atoms with Crippen molar-refractivity contribution < 1.29 is 19.8 Å². The third-order valence-corrected chi connectivity index (χ3v) is 2.74. The van der Waals surface area contributed by atoms with Crippen LogP contribution < -0.4 is 10.6 Å². The molecule has 0 saturated heterocycles. The Bertz CT molecular complexity index is 284. The van der Waals surface area contributed by atoms with Crippen LogP contribution in [0.2, 0.25) is 0 Å². The van der Waals surface area contributed by atoms with Crippen LogP contribution in [0.5, 0.6) is 0 Å². The fourth-order valence-corrected chi connectivity index (χ4v) is 1.65. The second kappa shape index (κ2) is 9.57. The lowest BCUT2D eigenvalue weighted by atomic mass is 10.2. The van der Waals surface area contributed by atoms with E-state index in [1.165, 1.54) is 6.92 Å². The summed E-state index contributed by atoms with van der Waals surface area (Å²) in [4.78, 5) is 24.4. The molecule has 0 bridgehead atoms. The number of aliphatic hydroxyl groups excluding tert-OH is 1. The van der Waals surface area contributed by atoms with E-state index in [0.29, 0.717) is 13.1 Å². The topological polar surface area (TPSA) is 102 Å². The van der Waals surface area contributed by atoms with Gasteiger partial charge in [-0.2, -0.15) is 0 Å². The number of hydrogen-bond acceptors (Lipinski definition) is 4. The highest BCUT2D eigenvalue weighted by Gasteiger charge is 2.24. The number of amides is 2. The van der Waals surface area contributed by atoms with Crippen molar-refractivity contribution >= 4 is 12.0 Å². The van der Waals surface area contributed by atoms with Crippen LogP contribution >= 0.6 is 0 Å². The molecule has 112 valence electrons. The smallest absolute Gasteiger partial charge is 0.328 e. The maximum Gasteiger partial charge on any atom is 0.328 e. The zero-order valence-electron chi connectivity index (χ0n) is 11.8. The summed E-state index contributed by atoms with van der Waals surface area (Å²) in [6, 6.07) is -1.88. The zero-order chi connectivity index (χ0) is 14.8. The highest BCUT2D eigenvalue weighted by Crippen LogP contribution is 1.93. The van der Waals surface area contributed by atoms with Crippen molar-refractivity contribution in [3.8, 4) is 0 Å². The Kier molecular flexibility index (Phi) is 8.90. The van der Waals surface area contributed by atoms with E-state index in [1.54, 1.807) is 0 Å². The third-order valence-electron chi connectivity index (χ3n) is 2.74. The van der Waals surface area contributed by atoms with Crippen molar-refractivity contribution in [1.29, 1.82) is 0 Å². The highest BCUT2D eigenvalue weighted by molar-refractivity contribution is 5.82. The largest absolute Gasteiger partial charge is 0.480 e. The van der Waals surface area contributed by atoms with E-state index in [2.05, 4.69) is 22.5 Å². The van der Waals surface area contributed by atoms with Crippen molar-refractivity contribution in [2.75, 3.05) is 26.2 Å². The number of carbonyl (C=O) groups excluding carboxylic acids is 1. The minimum atomic E-state index is -1.29. The standard InChI is InChI=1S/C12H25N3O4/c1-4-7-15(5-2)8-6-13-12(19)14-10(9(3)16)11(17)18/h9-10,16H,4-8H2,1-3H3,(H,17,18)(H2,13,14,19). The molecule has 19 heavy (non-hydrogen) atoms. The number of carbonyl (C=O) groups is 2. The number of likely N-dealkylation sites (N-methyl/N-ethyl adjacent to an activating group) is 1. The van der Waals surface area contributed by atoms with Crippen LogP contribution in [-0.2, 0) is 4.79 Å². The van der Waals surface area contributed by atoms with E-state index < -0.39 is 24.1 Å². The first-order chi connectivity index (χ1) is 8.92. The second-order valence-corrected chi connectivity index (χ2v) is 4.39. The van der Waals surface area contributed by atoms with Gasteiger partial charge in [-0.05, 0) is 26.4 Å². The summed E-state index contributed by atoms with van der Waals surface area (Å²) in [7, 11) is 0. The predicted octanol–water partition coefficient (Wildman–Crippen LogP) is -0.148. The average molecular weight is 275 g/mol. The van der Waals surface area contributed by atoms with Gasteiger partial charge in [0.05, 0.1) is 6.10 Å². The van der Waals surface area contributed by atoms with E-state index in [1.807, 2.05) is 6.92 Å². The second-order valence-electron chi connectivity index (χ2n) is 4.39. The van der Waals surface area contributed by atoms with Gasteiger partial charge in [-0.25, -0.2) is 9.59 Å². The molecule has 2 atom stereocenters. The molecule has 0 spiro atoms. The van der Waals surface area contributed by atoms with Crippen LogP contribution in [-0.4, -0.2) is 65.4 Å². The van der Waals surface area contributed by atoms with E-state index in [0.717, 1.165) is 19.5 Å². The van der Waals surface area contributed by atoms with E-state index >= 15 is 0 Å². The molecule has 7 heteroatoms. The van der Waals surface area contributed by atoms with Crippen molar-refractivity contribution in [2.24, 2.45) is 0 Å². The molecule has 0 aliphatic carbocycles. The Morgan fingerprint density at radius 1 is 1.26 bits per heavy atom. The number of nitrogens with one attached hydrogen (secondary N) is 2. The minimum absolute atomic E-state index is 0.436. The molecule has 0 saturated carbocycles. The van der Waals surface area contributed by atoms with E-state index in [-0.39, 0.29) is 0 Å². The van der Waals surface area contributed by atoms with Crippen LogP contribution in [0.1, 0.15) is 27.2 Å². The van der Waals surface area contributed by atoms with Gasteiger partial charge < -0.3 is 25.7 Å². The molecule has 0 radical (unpaired) electrons. The van der Waals surface area contributed by atoms with Gasteiger partial charge in [-0.3, -0.25) is 0 Å². The Hall–Kier alpha value is -1.34. The van der Waals surface area contributed by atoms with Gasteiger partial charge in [0.2, 0.25) is 0 Å². The number of carboxylic acid groups (broad SMARTS) is 1. The zero-order valence-corrected chi connectivity index (χ0v) is 11.8. The van der Waals surface area contributed by atoms with Crippen molar-refractivity contribution in [3.05, 3.63) is 0 Å².